The number of methoxy groups -OCH3 is 1. The molecule has 5 nitrogen and oxygen atoms in total. The fourth-order valence-electron chi connectivity index (χ4n) is 3.44. The summed E-state index contributed by atoms with van der Waals surface area (Å²) in [6.45, 7) is 0.237. The Labute approximate surface area is 221 Å². The largest absolute Gasteiger partial charge is 0.493 e. The molecular weight excluding hydrogens is 559 g/mol. The number of amides is 1. The van der Waals surface area contributed by atoms with E-state index in [9.17, 15) is 4.79 Å². The molecule has 3 aromatic rings. The monoisotopic (exact) mass is 576 g/mol. The van der Waals surface area contributed by atoms with Gasteiger partial charge < -0.3 is 14.4 Å². The van der Waals surface area contributed by atoms with Crippen LogP contribution in [0.15, 0.2) is 70.8 Å². The molecule has 0 saturated carbocycles. The van der Waals surface area contributed by atoms with Crippen molar-refractivity contribution in [2.24, 2.45) is 0 Å². The highest BCUT2D eigenvalue weighted by Gasteiger charge is 2.36. The fourth-order valence-corrected chi connectivity index (χ4v) is 4.62. The zero-order valence-electron chi connectivity index (χ0n) is 18.2. The number of para-hydroxylation sites is 1. The van der Waals surface area contributed by atoms with E-state index >= 15 is 0 Å². The topological polar surface area (TPSA) is 42.0 Å². The first-order valence-electron chi connectivity index (χ1n) is 10.1. The zero-order valence-corrected chi connectivity index (χ0v) is 22.1. The molecule has 34 heavy (non-hydrogen) atoms. The van der Waals surface area contributed by atoms with Crippen LogP contribution in [0.2, 0.25) is 10.0 Å². The number of halogens is 3. The molecule has 0 aromatic heterocycles. The lowest BCUT2D eigenvalue weighted by molar-refractivity contribution is -0.114. The van der Waals surface area contributed by atoms with Crippen molar-refractivity contribution in [1.29, 1.82) is 0 Å². The average molecular weight is 578 g/mol. The Bertz CT molecular complexity index is 1300. The Balaban J connectivity index is 1.62. The number of ether oxygens (including phenoxy) is 2. The van der Waals surface area contributed by atoms with Gasteiger partial charge in [-0.25, -0.2) is 0 Å². The Kier molecular flexibility index (Phi) is 7.48. The number of likely N-dealkylation sites (N-methyl/N-ethyl adjacent to an activating group) is 1. The SMILES string of the molecule is COc1cc(/C=C2/C(=O)N(c3ccccc3)C(=S)N2C)c(Br)cc1OCc1ccc(Cl)cc1Cl. The summed E-state index contributed by atoms with van der Waals surface area (Å²) < 4.78 is 12.2. The summed E-state index contributed by atoms with van der Waals surface area (Å²) in [5, 5.41) is 1.49. The third-order valence-corrected chi connectivity index (χ3v) is 6.98. The lowest BCUT2D eigenvalue weighted by atomic mass is 10.1. The molecule has 0 bridgehead atoms. The van der Waals surface area contributed by atoms with E-state index in [-0.39, 0.29) is 12.5 Å². The standard InChI is InChI=1S/C25H19BrCl2N2O3S/c1-29-21(24(31)30(25(29)34)18-6-4-3-5-7-18)10-16-11-22(32-2)23(13-19(16)26)33-14-15-8-9-17(27)12-20(15)28/h3-13H,14H2,1-2H3/b21-10-. The van der Waals surface area contributed by atoms with Crippen molar-refractivity contribution in [1.82, 2.24) is 4.90 Å². The molecule has 0 radical (unpaired) electrons. The number of carbonyl (C=O) groups excluding carboxylic acids is 1. The maximum atomic E-state index is 13.2. The highest BCUT2D eigenvalue weighted by Crippen LogP contribution is 2.37. The van der Waals surface area contributed by atoms with Crippen LogP contribution in [-0.4, -0.2) is 30.1 Å². The second kappa shape index (κ2) is 10.4. The molecule has 1 aliphatic heterocycles. The van der Waals surface area contributed by atoms with Gasteiger partial charge in [-0.15, -0.1) is 0 Å². The number of thiocarbonyl (C=S) groups is 1. The fraction of sp³-hybridized carbons (Fsp3) is 0.120. The van der Waals surface area contributed by atoms with Gasteiger partial charge in [-0.3, -0.25) is 9.69 Å². The first-order valence-corrected chi connectivity index (χ1v) is 12.1. The minimum atomic E-state index is -0.206. The van der Waals surface area contributed by atoms with Gasteiger partial charge in [0.1, 0.15) is 12.3 Å². The number of hydrogen-bond donors (Lipinski definition) is 0. The molecule has 1 heterocycles. The van der Waals surface area contributed by atoms with Gasteiger partial charge in [0.25, 0.3) is 5.91 Å². The van der Waals surface area contributed by atoms with Gasteiger partial charge in [0.15, 0.2) is 16.6 Å². The molecule has 0 atom stereocenters. The van der Waals surface area contributed by atoms with Crippen molar-refractivity contribution in [3.8, 4) is 11.5 Å². The molecule has 0 N–H and O–H groups in total. The predicted octanol–water partition coefficient (Wildman–Crippen LogP) is 6.95. The minimum Gasteiger partial charge on any atom is -0.493 e. The predicted molar refractivity (Wildman–Crippen MR) is 144 cm³/mol. The first kappa shape index (κ1) is 24.5. The quantitative estimate of drug-likeness (QED) is 0.234. The van der Waals surface area contributed by atoms with Gasteiger partial charge in [-0.2, -0.15) is 0 Å². The molecule has 9 heteroatoms. The molecule has 0 aliphatic carbocycles. The van der Waals surface area contributed by atoms with Crippen LogP contribution in [0.1, 0.15) is 11.1 Å². The highest BCUT2D eigenvalue weighted by molar-refractivity contribution is 9.10. The van der Waals surface area contributed by atoms with E-state index < -0.39 is 0 Å². The van der Waals surface area contributed by atoms with Crippen LogP contribution in [0.3, 0.4) is 0 Å². The van der Waals surface area contributed by atoms with Crippen molar-refractivity contribution >= 4 is 74.1 Å². The van der Waals surface area contributed by atoms with Crippen LogP contribution in [0.25, 0.3) is 6.08 Å². The Hall–Kier alpha value is -2.58. The molecular formula is C25H19BrCl2N2O3S. The van der Waals surface area contributed by atoms with Gasteiger partial charge in [0, 0.05) is 27.1 Å². The Morgan fingerprint density at radius 1 is 1.06 bits per heavy atom. The van der Waals surface area contributed by atoms with E-state index in [1.807, 2.05) is 36.4 Å². The third kappa shape index (κ3) is 4.93. The van der Waals surface area contributed by atoms with E-state index in [2.05, 4.69) is 15.9 Å². The van der Waals surface area contributed by atoms with Gasteiger partial charge >= 0.3 is 0 Å². The molecule has 0 spiro atoms. The van der Waals surface area contributed by atoms with Crippen molar-refractivity contribution in [3.05, 3.63) is 92.0 Å². The summed E-state index contributed by atoms with van der Waals surface area (Å²) in [5.74, 6) is 0.827. The van der Waals surface area contributed by atoms with Crippen molar-refractivity contribution in [3.63, 3.8) is 0 Å². The van der Waals surface area contributed by atoms with Gasteiger partial charge in [0.2, 0.25) is 0 Å². The maximum Gasteiger partial charge on any atom is 0.281 e. The number of hydrogen-bond acceptors (Lipinski definition) is 4. The molecule has 0 unspecified atom stereocenters. The second-order valence-corrected chi connectivity index (χ2v) is 9.46. The molecule has 1 amide bonds. The van der Waals surface area contributed by atoms with E-state index in [0.717, 1.165) is 15.6 Å². The molecule has 1 aliphatic rings. The second-order valence-electron chi connectivity index (χ2n) is 7.40. The maximum absolute atomic E-state index is 13.2. The highest BCUT2D eigenvalue weighted by atomic mass is 79.9. The van der Waals surface area contributed by atoms with Crippen LogP contribution >= 0.6 is 51.3 Å². The summed E-state index contributed by atoms with van der Waals surface area (Å²) in [7, 11) is 3.33. The van der Waals surface area contributed by atoms with Crippen LogP contribution < -0.4 is 14.4 Å². The van der Waals surface area contributed by atoms with E-state index in [1.54, 1.807) is 49.4 Å². The third-order valence-electron chi connectivity index (χ3n) is 5.25. The molecule has 4 rings (SSSR count). The van der Waals surface area contributed by atoms with Crippen LogP contribution in [-0.2, 0) is 11.4 Å². The normalized spacial score (nSPS) is 14.8. The lowest BCUT2D eigenvalue weighted by Gasteiger charge is -2.16. The van der Waals surface area contributed by atoms with Gasteiger partial charge in [-0.1, -0.05) is 63.4 Å². The number of benzene rings is 3. The smallest absolute Gasteiger partial charge is 0.281 e. The van der Waals surface area contributed by atoms with Crippen LogP contribution in [0.4, 0.5) is 5.69 Å². The molecule has 3 aromatic carbocycles. The van der Waals surface area contributed by atoms with E-state index in [0.29, 0.717) is 38.0 Å². The van der Waals surface area contributed by atoms with Crippen LogP contribution in [0.5, 0.6) is 11.5 Å². The summed E-state index contributed by atoms with van der Waals surface area (Å²) in [6.07, 6.45) is 1.77. The first-order chi connectivity index (χ1) is 16.3. The number of carbonyl (C=O) groups is 1. The van der Waals surface area contributed by atoms with E-state index in [1.165, 1.54) is 4.90 Å². The average Bonchev–Trinajstić information content (AvgIpc) is 3.03. The minimum absolute atomic E-state index is 0.206. The van der Waals surface area contributed by atoms with Crippen molar-refractivity contribution in [2.45, 2.75) is 6.61 Å². The van der Waals surface area contributed by atoms with Gasteiger partial charge in [-0.05, 0) is 60.3 Å². The Morgan fingerprint density at radius 3 is 2.47 bits per heavy atom. The summed E-state index contributed by atoms with van der Waals surface area (Å²) in [5.41, 5.74) is 2.69. The van der Waals surface area contributed by atoms with Gasteiger partial charge in [0.05, 0.1) is 12.8 Å². The molecule has 1 fully saturated rings. The van der Waals surface area contributed by atoms with Crippen molar-refractivity contribution in [2.75, 3.05) is 19.1 Å². The summed E-state index contributed by atoms with van der Waals surface area (Å²) in [4.78, 5) is 16.4. The molecule has 1 saturated heterocycles. The number of nitrogens with zero attached hydrogens (tertiary/aromatic N) is 2. The zero-order chi connectivity index (χ0) is 24.4. The summed E-state index contributed by atoms with van der Waals surface area (Å²) >= 11 is 21.3. The van der Waals surface area contributed by atoms with Crippen molar-refractivity contribution < 1.29 is 14.3 Å². The van der Waals surface area contributed by atoms with Crippen LogP contribution in [0, 0.1) is 0 Å². The molecule has 174 valence electrons. The Morgan fingerprint density at radius 2 is 1.79 bits per heavy atom. The lowest BCUT2D eigenvalue weighted by Crippen LogP contribution is -2.30. The van der Waals surface area contributed by atoms with E-state index in [4.69, 9.17) is 44.9 Å². The number of rotatable bonds is 6. The summed E-state index contributed by atoms with van der Waals surface area (Å²) in [6, 6.07) is 18.1. The number of anilines is 1.